The van der Waals surface area contributed by atoms with Crippen LogP contribution in [0.3, 0.4) is 0 Å². The second-order valence-corrected chi connectivity index (χ2v) is 7.54. The van der Waals surface area contributed by atoms with Crippen LogP contribution in [0.4, 0.5) is 10.5 Å². The van der Waals surface area contributed by atoms with E-state index in [4.69, 9.17) is 22.1 Å². The number of primary amides is 1. The third kappa shape index (κ3) is 4.97. The molecule has 0 spiro atoms. The smallest absolute Gasteiger partial charge is 0.293 e. The first-order valence-electron chi connectivity index (χ1n) is 8.44. The molecule has 0 unspecified atom stereocenters. The van der Waals surface area contributed by atoms with E-state index < -0.39 is 22.0 Å². The maximum absolute atomic E-state index is 12.6. The lowest BCUT2D eigenvalue weighted by molar-refractivity contribution is -0.384. The Morgan fingerprint density at radius 3 is 2.53 bits per heavy atom. The van der Waals surface area contributed by atoms with E-state index >= 15 is 0 Å². The third-order valence-corrected chi connectivity index (χ3v) is 5.19. The summed E-state index contributed by atoms with van der Waals surface area (Å²) < 4.78 is 5.16. The molecule has 1 heterocycles. The van der Waals surface area contributed by atoms with E-state index in [1.807, 2.05) is 0 Å². The van der Waals surface area contributed by atoms with E-state index in [0.717, 1.165) is 16.7 Å². The number of nitrogens with zero attached hydrogens (tertiary/aromatic N) is 2. The highest BCUT2D eigenvalue weighted by Crippen LogP contribution is 2.34. The number of nitro groups is 1. The summed E-state index contributed by atoms with van der Waals surface area (Å²) in [4.78, 5) is 47.2. The van der Waals surface area contributed by atoms with Crippen LogP contribution in [0.1, 0.15) is 11.1 Å². The number of imide groups is 1. The molecular formula is C19H14ClN3O6S. The van der Waals surface area contributed by atoms with Gasteiger partial charge in [-0.2, -0.15) is 0 Å². The molecule has 0 radical (unpaired) electrons. The van der Waals surface area contributed by atoms with Crippen molar-refractivity contribution in [1.82, 2.24) is 4.90 Å². The quantitative estimate of drug-likeness (QED) is 0.391. The maximum atomic E-state index is 12.6. The average Bonchev–Trinajstić information content (AvgIpc) is 2.95. The minimum Gasteiger partial charge on any atom is -0.482 e. The largest absolute Gasteiger partial charge is 0.482 e. The third-order valence-electron chi connectivity index (χ3n) is 3.99. The van der Waals surface area contributed by atoms with Gasteiger partial charge >= 0.3 is 0 Å². The highest BCUT2D eigenvalue weighted by Gasteiger charge is 2.35. The number of ether oxygens (including phenoxy) is 1. The molecule has 1 fully saturated rings. The fourth-order valence-corrected chi connectivity index (χ4v) is 3.65. The van der Waals surface area contributed by atoms with Crippen molar-refractivity contribution in [1.29, 1.82) is 0 Å². The number of rotatable bonds is 7. The zero-order valence-corrected chi connectivity index (χ0v) is 16.8. The summed E-state index contributed by atoms with van der Waals surface area (Å²) in [6, 6.07) is 10.3. The summed E-state index contributed by atoms with van der Waals surface area (Å²) in [5.41, 5.74) is 6.10. The number of hydrogen-bond acceptors (Lipinski definition) is 7. The second kappa shape index (κ2) is 8.97. The van der Waals surface area contributed by atoms with Crippen LogP contribution in [0.25, 0.3) is 6.08 Å². The molecule has 1 aliphatic rings. The Kier molecular flexibility index (Phi) is 6.38. The van der Waals surface area contributed by atoms with Crippen molar-refractivity contribution in [2.45, 2.75) is 6.54 Å². The van der Waals surface area contributed by atoms with Crippen LogP contribution in [-0.2, 0) is 16.1 Å². The number of halogens is 1. The zero-order valence-electron chi connectivity index (χ0n) is 15.2. The second-order valence-electron chi connectivity index (χ2n) is 6.14. The minimum absolute atomic E-state index is 0.000647. The molecule has 154 valence electrons. The van der Waals surface area contributed by atoms with Crippen molar-refractivity contribution in [3.63, 3.8) is 0 Å². The Morgan fingerprint density at radius 1 is 1.23 bits per heavy atom. The topological polar surface area (TPSA) is 133 Å². The highest BCUT2D eigenvalue weighted by molar-refractivity contribution is 8.18. The van der Waals surface area contributed by atoms with Gasteiger partial charge in [-0.3, -0.25) is 29.4 Å². The lowest BCUT2D eigenvalue weighted by atomic mass is 10.2. The van der Waals surface area contributed by atoms with Gasteiger partial charge in [-0.05, 0) is 41.1 Å². The van der Waals surface area contributed by atoms with Gasteiger partial charge in [0.1, 0.15) is 5.75 Å². The molecule has 0 aliphatic carbocycles. The maximum Gasteiger partial charge on any atom is 0.293 e. The predicted octanol–water partition coefficient (Wildman–Crippen LogP) is 3.35. The average molecular weight is 448 g/mol. The molecule has 9 nitrogen and oxygen atoms in total. The number of carbonyl (C=O) groups is 3. The van der Waals surface area contributed by atoms with Crippen LogP contribution >= 0.6 is 23.4 Å². The monoisotopic (exact) mass is 447 g/mol. The van der Waals surface area contributed by atoms with Gasteiger partial charge < -0.3 is 10.5 Å². The summed E-state index contributed by atoms with van der Waals surface area (Å²) in [7, 11) is 0. The van der Waals surface area contributed by atoms with E-state index in [0.29, 0.717) is 11.1 Å². The van der Waals surface area contributed by atoms with E-state index in [2.05, 4.69) is 0 Å². The number of hydrogen-bond donors (Lipinski definition) is 1. The summed E-state index contributed by atoms with van der Waals surface area (Å²) in [5.74, 6) is -0.857. The molecule has 2 aromatic rings. The van der Waals surface area contributed by atoms with Crippen molar-refractivity contribution in [2.24, 2.45) is 5.73 Å². The molecule has 1 aliphatic heterocycles. The van der Waals surface area contributed by atoms with E-state index in [9.17, 15) is 24.5 Å². The first-order valence-corrected chi connectivity index (χ1v) is 9.63. The minimum atomic E-state index is -0.642. The Bertz CT molecular complexity index is 1070. The van der Waals surface area contributed by atoms with Crippen LogP contribution < -0.4 is 10.5 Å². The lowest BCUT2D eigenvalue weighted by Gasteiger charge is -2.12. The van der Waals surface area contributed by atoms with Crippen LogP contribution in [0.5, 0.6) is 5.75 Å². The molecular weight excluding hydrogens is 434 g/mol. The fraction of sp³-hybridized carbons (Fsp3) is 0.105. The normalized spacial score (nSPS) is 15.0. The first-order chi connectivity index (χ1) is 14.2. The van der Waals surface area contributed by atoms with Crippen molar-refractivity contribution >= 4 is 52.2 Å². The standard InChI is InChI=1S/C19H14ClN3O6S/c20-14-7-12(3-6-15(14)29-10-17(21)24)8-16-18(25)22(19(26)30-16)9-11-1-4-13(5-2-11)23(27)28/h1-8H,9-10H2,(H2,21,24)/b16-8-. The SMILES string of the molecule is NC(=O)COc1ccc(/C=C2\SC(=O)N(Cc3ccc([N+](=O)[O-])cc3)C2=O)cc1Cl. The van der Waals surface area contributed by atoms with Gasteiger partial charge in [0.25, 0.3) is 22.7 Å². The Morgan fingerprint density at radius 2 is 1.93 bits per heavy atom. The van der Waals surface area contributed by atoms with Crippen molar-refractivity contribution < 1.29 is 24.0 Å². The molecule has 1 saturated heterocycles. The Balaban J connectivity index is 1.73. The van der Waals surface area contributed by atoms with Gasteiger partial charge in [0, 0.05) is 12.1 Å². The molecule has 2 N–H and O–H groups in total. The summed E-state index contributed by atoms with van der Waals surface area (Å²) >= 11 is 6.89. The van der Waals surface area contributed by atoms with Gasteiger partial charge in [-0.25, -0.2) is 0 Å². The fourth-order valence-electron chi connectivity index (χ4n) is 2.57. The molecule has 0 saturated carbocycles. The van der Waals surface area contributed by atoms with Gasteiger partial charge in [-0.15, -0.1) is 0 Å². The Labute approximate surface area is 179 Å². The van der Waals surface area contributed by atoms with Gasteiger partial charge in [0.15, 0.2) is 6.61 Å². The molecule has 2 aromatic carbocycles. The summed E-state index contributed by atoms with van der Waals surface area (Å²) in [5, 5.41) is 10.5. The summed E-state index contributed by atoms with van der Waals surface area (Å²) in [6.45, 7) is -0.318. The van der Waals surface area contributed by atoms with E-state index in [1.54, 1.807) is 6.07 Å². The molecule has 3 amide bonds. The van der Waals surface area contributed by atoms with Gasteiger partial charge in [0.2, 0.25) is 0 Å². The molecule has 0 atom stereocenters. The molecule has 11 heteroatoms. The van der Waals surface area contributed by atoms with E-state index in [-0.39, 0.29) is 34.5 Å². The van der Waals surface area contributed by atoms with Crippen LogP contribution in [0.15, 0.2) is 47.4 Å². The van der Waals surface area contributed by atoms with E-state index in [1.165, 1.54) is 42.5 Å². The van der Waals surface area contributed by atoms with Gasteiger partial charge in [0.05, 0.1) is 21.4 Å². The number of amides is 3. The Hall–Kier alpha value is -3.37. The lowest BCUT2D eigenvalue weighted by Crippen LogP contribution is -2.27. The zero-order chi connectivity index (χ0) is 21.8. The number of nitrogens with two attached hydrogens (primary N) is 1. The first kappa shape index (κ1) is 21.3. The van der Waals surface area contributed by atoms with Crippen molar-refractivity contribution in [3.05, 3.63) is 73.6 Å². The predicted molar refractivity (Wildman–Crippen MR) is 111 cm³/mol. The van der Waals surface area contributed by atoms with Crippen molar-refractivity contribution in [3.8, 4) is 5.75 Å². The molecule has 30 heavy (non-hydrogen) atoms. The number of nitro benzene ring substituents is 1. The number of non-ortho nitro benzene ring substituents is 1. The van der Waals surface area contributed by atoms with Gasteiger partial charge in [-0.1, -0.05) is 29.8 Å². The van der Waals surface area contributed by atoms with Crippen LogP contribution in [-0.4, -0.2) is 33.5 Å². The highest BCUT2D eigenvalue weighted by atomic mass is 35.5. The number of carbonyl (C=O) groups excluding carboxylic acids is 3. The van der Waals surface area contributed by atoms with Crippen LogP contribution in [0, 0.1) is 10.1 Å². The molecule has 0 bridgehead atoms. The van der Waals surface area contributed by atoms with Crippen molar-refractivity contribution in [2.75, 3.05) is 6.61 Å². The van der Waals surface area contributed by atoms with Crippen LogP contribution in [0.2, 0.25) is 5.02 Å². The molecule has 0 aromatic heterocycles. The number of thioether (sulfide) groups is 1. The summed E-state index contributed by atoms with van der Waals surface area (Å²) in [6.07, 6.45) is 1.52. The molecule has 3 rings (SSSR count). The number of benzene rings is 2.